The van der Waals surface area contributed by atoms with Gasteiger partial charge in [0.25, 0.3) is 11.1 Å². The summed E-state index contributed by atoms with van der Waals surface area (Å²) < 4.78 is 25.5. The lowest BCUT2D eigenvalue weighted by Gasteiger charge is -2.16. The van der Waals surface area contributed by atoms with E-state index in [2.05, 4.69) is 0 Å². The number of hydrogen-bond acceptors (Lipinski definition) is 5. The normalized spacial score (nSPS) is 16.3. The molecule has 0 radical (unpaired) electrons. The number of amides is 2. The van der Waals surface area contributed by atoms with Crippen molar-refractivity contribution in [2.24, 2.45) is 0 Å². The second-order valence-corrected chi connectivity index (χ2v) is 7.83. The monoisotopic (exact) mass is 429 g/mol. The average Bonchev–Trinajstić information content (AvgIpc) is 2.99. The summed E-state index contributed by atoms with van der Waals surface area (Å²) in [4.78, 5) is 26.4. The molecule has 1 atom stereocenters. The quantitative estimate of drug-likeness (QED) is 0.509. The van der Waals surface area contributed by atoms with Gasteiger partial charge in [0.1, 0.15) is 5.82 Å². The average molecular weight is 430 g/mol. The van der Waals surface area contributed by atoms with Crippen molar-refractivity contribution in [1.82, 2.24) is 4.90 Å². The van der Waals surface area contributed by atoms with Gasteiger partial charge in [-0.05, 0) is 61.9 Å². The minimum atomic E-state index is -0.446. The summed E-state index contributed by atoms with van der Waals surface area (Å²) in [5.41, 5.74) is 1.01. The molecule has 2 amide bonds. The van der Waals surface area contributed by atoms with Crippen LogP contribution in [0.15, 0.2) is 47.4 Å². The maximum Gasteiger partial charge on any atom is 0.293 e. The lowest BCUT2D eigenvalue weighted by molar-refractivity contribution is -0.123. The molecule has 0 spiro atoms. The Morgan fingerprint density at radius 3 is 2.60 bits per heavy atom. The third kappa shape index (κ3) is 5.02. The standard InChI is InChI=1S/C23H24FNO4S/c1-4-15(3)29-19-11-10-16(12-20(19)28-5-2)13-21-22(26)25(23(27)30-21)14-17-8-6-7-9-18(17)24/h6-13,15H,4-5,14H2,1-3H3/b21-13-. The van der Waals surface area contributed by atoms with E-state index in [0.717, 1.165) is 23.1 Å². The number of carbonyl (C=O) groups is 2. The molecule has 0 saturated carbocycles. The number of benzene rings is 2. The number of nitrogens with zero attached hydrogens (tertiary/aromatic N) is 1. The van der Waals surface area contributed by atoms with Crippen molar-refractivity contribution in [1.29, 1.82) is 0 Å². The Kier molecular flexibility index (Phi) is 7.15. The van der Waals surface area contributed by atoms with E-state index in [4.69, 9.17) is 9.47 Å². The van der Waals surface area contributed by atoms with Crippen LogP contribution in [-0.2, 0) is 11.3 Å². The summed E-state index contributed by atoms with van der Waals surface area (Å²) >= 11 is 0.843. The molecule has 1 aliphatic heterocycles. The molecule has 2 aromatic carbocycles. The molecule has 30 heavy (non-hydrogen) atoms. The minimum absolute atomic E-state index is 0.0462. The molecular weight excluding hydrogens is 405 g/mol. The van der Waals surface area contributed by atoms with Crippen LogP contribution in [0.2, 0.25) is 0 Å². The Balaban J connectivity index is 1.82. The predicted molar refractivity (Wildman–Crippen MR) is 116 cm³/mol. The molecule has 0 aromatic heterocycles. The smallest absolute Gasteiger partial charge is 0.293 e. The Morgan fingerprint density at radius 2 is 1.90 bits per heavy atom. The van der Waals surface area contributed by atoms with Gasteiger partial charge in [0.2, 0.25) is 0 Å². The predicted octanol–water partition coefficient (Wildman–Crippen LogP) is 5.64. The zero-order chi connectivity index (χ0) is 21.7. The molecule has 1 fully saturated rings. The van der Waals surface area contributed by atoms with Crippen molar-refractivity contribution in [3.63, 3.8) is 0 Å². The van der Waals surface area contributed by atoms with Crippen LogP contribution in [-0.4, -0.2) is 28.8 Å². The van der Waals surface area contributed by atoms with Crippen LogP contribution in [0.5, 0.6) is 11.5 Å². The maximum atomic E-state index is 13.9. The minimum Gasteiger partial charge on any atom is -0.490 e. The number of halogens is 1. The first-order valence-corrected chi connectivity index (χ1v) is 10.7. The van der Waals surface area contributed by atoms with Crippen LogP contribution in [0.3, 0.4) is 0 Å². The molecule has 3 rings (SSSR count). The Bertz CT molecular complexity index is 975. The van der Waals surface area contributed by atoms with E-state index in [0.29, 0.717) is 29.2 Å². The van der Waals surface area contributed by atoms with Crippen LogP contribution in [0.4, 0.5) is 9.18 Å². The maximum absolute atomic E-state index is 13.9. The van der Waals surface area contributed by atoms with Gasteiger partial charge < -0.3 is 9.47 Å². The van der Waals surface area contributed by atoms with E-state index in [9.17, 15) is 14.0 Å². The topological polar surface area (TPSA) is 55.8 Å². The summed E-state index contributed by atoms with van der Waals surface area (Å²) in [7, 11) is 0. The molecule has 7 heteroatoms. The van der Waals surface area contributed by atoms with Gasteiger partial charge in [-0.2, -0.15) is 0 Å². The number of ether oxygens (including phenoxy) is 2. The highest BCUT2D eigenvalue weighted by atomic mass is 32.2. The second-order valence-electron chi connectivity index (χ2n) is 6.84. The number of hydrogen-bond donors (Lipinski definition) is 0. The van der Waals surface area contributed by atoms with Gasteiger partial charge in [-0.1, -0.05) is 31.2 Å². The zero-order valence-corrected chi connectivity index (χ0v) is 18.0. The molecule has 1 aliphatic rings. The lowest BCUT2D eigenvalue weighted by atomic mass is 10.1. The summed E-state index contributed by atoms with van der Waals surface area (Å²) in [6.07, 6.45) is 2.55. The largest absolute Gasteiger partial charge is 0.490 e. The van der Waals surface area contributed by atoms with Crippen molar-refractivity contribution in [3.8, 4) is 11.5 Å². The third-order valence-corrected chi connectivity index (χ3v) is 5.54. The fourth-order valence-electron chi connectivity index (χ4n) is 2.86. The lowest BCUT2D eigenvalue weighted by Crippen LogP contribution is -2.27. The van der Waals surface area contributed by atoms with Gasteiger partial charge in [-0.3, -0.25) is 14.5 Å². The molecule has 2 aromatic rings. The van der Waals surface area contributed by atoms with Crippen molar-refractivity contribution in [3.05, 3.63) is 64.3 Å². The fraction of sp³-hybridized carbons (Fsp3) is 0.304. The molecular formula is C23H24FNO4S. The Morgan fingerprint density at radius 1 is 1.13 bits per heavy atom. The van der Waals surface area contributed by atoms with E-state index in [1.54, 1.807) is 36.4 Å². The number of thioether (sulfide) groups is 1. The van der Waals surface area contributed by atoms with Gasteiger partial charge in [-0.25, -0.2) is 4.39 Å². The van der Waals surface area contributed by atoms with Crippen molar-refractivity contribution in [2.75, 3.05) is 6.61 Å². The zero-order valence-electron chi connectivity index (χ0n) is 17.2. The summed E-state index contributed by atoms with van der Waals surface area (Å²) in [6, 6.07) is 11.5. The highest BCUT2D eigenvalue weighted by Gasteiger charge is 2.35. The van der Waals surface area contributed by atoms with Gasteiger partial charge >= 0.3 is 0 Å². The summed E-state index contributed by atoms with van der Waals surface area (Å²) in [5, 5.41) is -0.420. The van der Waals surface area contributed by atoms with Gasteiger partial charge in [0.05, 0.1) is 24.2 Å². The summed E-state index contributed by atoms with van der Waals surface area (Å²) in [5.74, 6) is 0.332. The number of carbonyl (C=O) groups excluding carboxylic acids is 2. The number of rotatable bonds is 8. The molecule has 158 valence electrons. The molecule has 1 heterocycles. The second kappa shape index (κ2) is 9.80. The van der Waals surface area contributed by atoms with Crippen LogP contribution in [0.25, 0.3) is 6.08 Å². The SMILES string of the molecule is CCOc1cc(/C=C2\SC(=O)N(Cc3ccccc3F)C2=O)ccc1OC(C)CC. The van der Waals surface area contributed by atoms with Crippen molar-refractivity contribution < 1.29 is 23.5 Å². The highest BCUT2D eigenvalue weighted by Crippen LogP contribution is 2.36. The van der Waals surface area contributed by atoms with Gasteiger partial charge in [0.15, 0.2) is 11.5 Å². The molecule has 0 N–H and O–H groups in total. The van der Waals surface area contributed by atoms with Crippen LogP contribution >= 0.6 is 11.8 Å². The molecule has 0 bridgehead atoms. The van der Waals surface area contributed by atoms with Crippen LogP contribution in [0.1, 0.15) is 38.3 Å². The molecule has 5 nitrogen and oxygen atoms in total. The first-order valence-electron chi connectivity index (χ1n) is 9.85. The van der Waals surface area contributed by atoms with E-state index >= 15 is 0 Å². The van der Waals surface area contributed by atoms with E-state index in [-0.39, 0.29) is 17.6 Å². The number of imide groups is 1. The van der Waals surface area contributed by atoms with Gasteiger partial charge in [0, 0.05) is 5.56 Å². The first kappa shape index (κ1) is 21.9. The van der Waals surface area contributed by atoms with Crippen molar-refractivity contribution in [2.45, 2.75) is 39.8 Å². The van der Waals surface area contributed by atoms with E-state index in [1.807, 2.05) is 26.8 Å². The summed E-state index contributed by atoms with van der Waals surface area (Å²) in [6.45, 7) is 6.28. The molecule has 1 saturated heterocycles. The Hall–Kier alpha value is -2.80. The molecule has 1 unspecified atom stereocenters. The highest BCUT2D eigenvalue weighted by molar-refractivity contribution is 8.18. The first-order chi connectivity index (χ1) is 14.4. The van der Waals surface area contributed by atoms with E-state index < -0.39 is 17.0 Å². The van der Waals surface area contributed by atoms with Crippen molar-refractivity contribution >= 4 is 29.0 Å². The van der Waals surface area contributed by atoms with Crippen LogP contribution < -0.4 is 9.47 Å². The Labute approximate surface area is 179 Å². The van der Waals surface area contributed by atoms with Crippen LogP contribution in [0, 0.1) is 5.82 Å². The van der Waals surface area contributed by atoms with Gasteiger partial charge in [-0.15, -0.1) is 0 Å². The third-order valence-electron chi connectivity index (χ3n) is 4.63. The van der Waals surface area contributed by atoms with E-state index in [1.165, 1.54) is 6.07 Å². The fourth-order valence-corrected chi connectivity index (χ4v) is 3.70. The molecule has 0 aliphatic carbocycles.